The van der Waals surface area contributed by atoms with E-state index in [4.69, 9.17) is 9.47 Å². The fourth-order valence-corrected chi connectivity index (χ4v) is 2.64. The summed E-state index contributed by atoms with van der Waals surface area (Å²) in [5.74, 6) is -1.08. The Morgan fingerprint density at radius 3 is 1.81 bits per heavy atom. The van der Waals surface area contributed by atoms with Gasteiger partial charge in [0.1, 0.15) is 13.2 Å². The van der Waals surface area contributed by atoms with Crippen molar-refractivity contribution in [2.45, 2.75) is 47.3 Å². The third-order valence-corrected chi connectivity index (χ3v) is 4.83. The fraction of sp³-hybridized carbons (Fsp3) is 0.304. The normalized spacial score (nSPS) is 10.4. The molecule has 4 heteroatoms. The van der Waals surface area contributed by atoms with E-state index in [0.717, 1.165) is 33.4 Å². The number of hydrogen-bond donors (Lipinski definition) is 0. The first-order chi connectivity index (χ1) is 12.8. The van der Waals surface area contributed by atoms with E-state index in [1.807, 2.05) is 64.1 Å². The molecular formula is C23H26O4. The van der Waals surface area contributed by atoms with E-state index in [-0.39, 0.29) is 25.2 Å². The van der Waals surface area contributed by atoms with Crippen molar-refractivity contribution in [3.63, 3.8) is 0 Å². The summed E-state index contributed by atoms with van der Waals surface area (Å²) < 4.78 is 10.6. The van der Waals surface area contributed by atoms with Gasteiger partial charge in [-0.1, -0.05) is 43.0 Å². The summed E-state index contributed by atoms with van der Waals surface area (Å²) in [4.78, 5) is 24.1. The number of carbonyl (C=O) groups is 2. The highest BCUT2D eigenvalue weighted by atomic mass is 16.5. The molecule has 0 spiro atoms. The van der Waals surface area contributed by atoms with Crippen molar-refractivity contribution in [2.24, 2.45) is 0 Å². The van der Waals surface area contributed by atoms with Crippen LogP contribution in [0.1, 0.15) is 39.8 Å². The summed E-state index contributed by atoms with van der Waals surface area (Å²) in [6, 6.07) is 11.7. The Bertz CT molecular complexity index is 865. The highest BCUT2D eigenvalue weighted by Gasteiger charge is 2.15. The van der Waals surface area contributed by atoms with Crippen LogP contribution in [0.5, 0.6) is 0 Å². The van der Waals surface area contributed by atoms with E-state index in [0.29, 0.717) is 0 Å². The van der Waals surface area contributed by atoms with Crippen LogP contribution >= 0.6 is 0 Å². The molecule has 0 aliphatic rings. The highest BCUT2D eigenvalue weighted by Crippen LogP contribution is 2.16. The van der Waals surface area contributed by atoms with Crippen LogP contribution in [0.25, 0.3) is 0 Å². The van der Waals surface area contributed by atoms with Gasteiger partial charge in [0.2, 0.25) is 0 Å². The lowest BCUT2D eigenvalue weighted by atomic mass is 10.0. The first-order valence-electron chi connectivity index (χ1n) is 8.90. The standard InChI is InChI=1S/C23H26O4/c1-15-8-6-10-20(18(15)4)13-26-22(24)12-17(3)23(25)27-14-21-11-7-9-16(2)19(21)5/h6-11H,3,12-14H2,1-2,4-5H3. The number of rotatable bonds is 7. The van der Waals surface area contributed by atoms with Crippen LogP contribution in [0.15, 0.2) is 48.6 Å². The van der Waals surface area contributed by atoms with Crippen LogP contribution in [0.2, 0.25) is 0 Å². The van der Waals surface area contributed by atoms with Crippen molar-refractivity contribution in [1.82, 2.24) is 0 Å². The van der Waals surface area contributed by atoms with Crippen molar-refractivity contribution in [1.29, 1.82) is 0 Å². The molecule has 0 radical (unpaired) electrons. The molecule has 4 nitrogen and oxygen atoms in total. The molecule has 0 unspecified atom stereocenters. The van der Waals surface area contributed by atoms with Crippen LogP contribution in [-0.4, -0.2) is 11.9 Å². The third-order valence-electron chi connectivity index (χ3n) is 4.83. The molecule has 0 saturated carbocycles. The van der Waals surface area contributed by atoms with E-state index in [9.17, 15) is 9.59 Å². The molecule has 2 aromatic carbocycles. The predicted octanol–water partition coefficient (Wildman–Crippen LogP) is 4.65. The van der Waals surface area contributed by atoms with Gasteiger partial charge in [-0.05, 0) is 61.1 Å². The Kier molecular flexibility index (Phi) is 6.94. The van der Waals surface area contributed by atoms with Crippen LogP contribution in [0.4, 0.5) is 0 Å². The van der Waals surface area contributed by atoms with Gasteiger partial charge >= 0.3 is 11.9 Å². The van der Waals surface area contributed by atoms with Gasteiger partial charge in [0.25, 0.3) is 0 Å². The molecular weight excluding hydrogens is 340 g/mol. The molecule has 0 bridgehead atoms. The third kappa shape index (κ3) is 5.55. The van der Waals surface area contributed by atoms with Crippen molar-refractivity contribution in [3.8, 4) is 0 Å². The number of ether oxygens (including phenoxy) is 2. The molecule has 0 aliphatic heterocycles. The van der Waals surface area contributed by atoms with E-state index >= 15 is 0 Å². The Labute approximate surface area is 160 Å². The van der Waals surface area contributed by atoms with Gasteiger partial charge in [-0.3, -0.25) is 4.79 Å². The molecule has 2 aromatic rings. The van der Waals surface area contributed by atoms with E-state index in [1.54, 1.807) is 0 Å². The van der Waals surface area contributed by atoms with Gasteiger partial charge in [0.15, 0.2) is 0 Å². The number of esters is 2. The van der Waals surface area contributed by atoms with Gasteiger partial charge in [-0.15, -0.1) is 0 Å². The van der Waals surface area contributed by atoms with Gasteiger partial charge in [0.05, 0.1) is 6.42 Å². The zero-order valence-electron chi connectivity index (χ0n) is 16.4. The molecule has 0 saturated heterocycles. The Morgan fingerprint density at radius 2 is 1.30 bits per heavy atom. The Hall–Kier alpha value is -2.88. The second-order valence-electron chi connectivity index (χ2n) is 6.74. The fourth-order valence-electron chi connectivity index (χ4n) is 2.64. The first kappa shape index (κ1) is 20.4. The molecule has 0 aliphatic carbocycles. The molecule has 0 aromatic heterocycles. The maximum absolute atomic E-state index is 12.1. The van der Waals surface area contributed by atoms with Crippen molar-refractivity contribution >= 4 is 11.9 Å². The maximum atomic E-state index is 12.1. The summed E-state index contributed by atoms with van der Waals surface area (Å²) in [5, 5.41) is 0. The maximum Gasteiger partial charge on any atom is 0.334 e. The van der Waals surface area contributed by atoms with Crippen LogP contribution < -0.4 is 0 Å². The van der Waals surface area contributed by atoms with Crippen LogP contribution in [-0.2, 0) is 32.3 Å². The molecule has 0 heterocycles. The quantitative estimate of drug-likeness (QED) is 0.528. The minimum atomic E-state index is -0.584. The first-order valence-corrected chi connectivity index (χ1v) is 8.90. The van der Waals surface area contributed by atoms with E-state index < -0.39 is 11.9 Å². The summed E-state index contributed by atoms with van der Waals surface area (Å²) in [6.45, 7) is 12.0. The average Bonchev–Trinajstić information content (AvgIpc) is 2.63. The summed E-state index contributed by atoms with van der Waals surface area (Å²) >= 11 is 0. The van der Waals surface area contributed by atoms with Crippen molar-refractivity contribution in [3.05, 3.63) is 81.9 Å². The minimum Gasteiger partial charge on any atom is -0.461 e. The zero-order valence-corrected chi connectivity index (χ0v) is 16.4. The zero-order chi connectivity index (χ0) is 20.0. The number of benzene rings is 2. The Balaban J connectivity index is 1.83. The summed E-state index contributed by atoms with van der Waals surface area (Å²) in [5.41, 5.74) is 6.44. The lowest BCUT2D eigenvalue weighted by molar-refractivity contribution is -0.147. The second kappa shape index (κ2) is 9.17. The predicted molar refractivity (Wildman–Crippen MR) is 105 cm³/mol. The average molecular weight is 366 g/mol. The lowest BCUT2D eigenvalue weighted by Crippen LogP contribution is -2.13. The van der Waals surface area contributed by atoms with Crippen molar-refractivity contribution < 1.29 is 19.1 Å². The largest absolute Gasteiger partial charge is 0.461 e. The molecule has 0 amide bonds. The molecule has 0 atom stereocenters. The summed E-state index contributed by atoms with van der Waals surface area (Å²) in [6.07, 6.45) is -0.184. The number of carbonyl (C=O) groups excluding carboxylic acids is 2. The van der Waals surface area contributed by atoms with Gasteiger partial charge < -0.3 is 9.47 Å². The topological polar surface area (TPSA) is 52.6 Å². The van der Waals surface area contributed by atoms with Crippen LogP contribution in [0, 0.1) is 27.7 Å². The van der Waals surface area contributed by atoms with Crippen LogP contribution in [0.3, 0.4) is 0 Å². The minimum absolute atomic E-state index is 0.0891. The number of aryl methyl sites for hydroxylation is 2. The summed E-state index contributed by atoms with van der Waals surface area (Å²) in [7, 11) is 0. The SMILES string of the molecule is C=C(CC(=O)OCc1cccc(C)c1C)C(=O)OCc1cccc(C)c1C. The monoisotopic (exact) mass is 366 g/mol. The number of hydrogen-bond acceptors (Lipinski definition) is 4. The molecule has 142 valence electrons. The van der Waals surface area contributed by atoms with E-state index in [2.05, 4.69) is 6.58 Å². The van der Waals surface area contributed by atoms with Crippen molar-refractivity contribution in [2.75, 3.05) is 0 Å². The van der Waals surface area contributed by atoms with Gasteiger partial charge in [0, 0.05) is 5.57 Å². The molecule has 27 heavy (non-hydrogen) atoms. The molecule has 0 N–H and O–H groups in total. The second-order valence-corrected chi connectivity index (χ2v) is 6.74. The molecule has 0 fully saturated rings. The van der Waals surface area contributed by atoms with E-state index in [1.165, 1.54) is 0 Å². The lowest BCUT2D eigenvalue weighted by Gasteiger charge is -2.11. The van der Waals surface area contributed by atoms with Gasteiger partial charge in [-0.2, -0.15) is 0 Å². The molecule has 2 rings (SSSR count). The van der Waals surface area contributed by atoms with Gasteiger partial charge in [-0.25, -0.2) is 4.79 Å². The Morgan fingerprint density at radius 1 is 0.815 bits per heavy atom. The highest BCUT2D eigenvalue weighted by molar-refractivity contribution is 5.93. The smallest absolute Gasteiger partial charge is 0.334 e.